The molecule has 1 aliphatic rings. The van der Waals surface area contributed by atoms with E-state index in [4.69, 9.17) is 18.9 Å². The molecule has 0 spiro atoms. The molecule has 1 aliphatic heterocycles. The van der Waals surface area contributed by atoms with Crippen molar-refractivity contribution in [2.75, 3.05) is 39.6 Å². The van der Waals surface area contributed by atoms with Gasteiger partial charge in [0, 0.05) is 47.7 Å². The van der Waals surface area contributed by atoms with Crippen molar-refractivity contribution in [1.82, 2.24) is 0 Å². The lowest BCUT2D eigenvalue weighted by atomic mass is 9.76. The van der Waals surface area contributed by atoms with Crippen LogP contribution in [0.1, 0.15) is 62.4 Å². The van der Waals surface area contributed by atoms with Gasteiger partial charge in [0.2, 0.25) is 12.3 Å². The van der Waals surface area contributed by atoms with Gasteiger partial charge in [0.15, 0.2) is 12.4 Å². The Labute approximate surface area is 242 Å². The first kappa shape index (κ1) is 31.8. The summed E-state index contributed by atoms with van der Waals surface area (Å²) >= 11 is 0. The van der Waals surface area contributed by atoms with E-state index < -0.39 is 23.8 Å². The largest absolute Gasteiger partial charge is 0.463 e. The minimum Gasteiger partial charge on any atom is -0.463 e. The second-order valence-electron chi connectivity index (χ2n) is 9.83. The molecule has 0 saturated carbocycles. The van der Waals surface area contributed by atoms with Crippen LogP contribution in [0.2, 0.25) is 0 Å². The van der Waals surface area contributed by atoms with Gasteiger partial charge in [0.25, 0.3) is 0 Å². The van der Waals surface area contributed by atoms with Crippen LogP contribution < -0.4 is 4.57 Å². The van der Waals surface area contributed by atoms with Crippen molar-refractivity contribution in [3.05, 3.63) is 77.3 Å². The molecule has 3 rings (SSSR count). The number of nitrogens with zero attached hydrogens (tertiary/aromatic N) is 2. The molecule has 0 aliphatic carbocycles. The maximum Gasteiger partial charge on any atom is 0.336 e. The molecule has 41 heavy (non-hydrogen) atoms. The summed E-state index contributed by atoms with van der Waals surface area (Å²) in [6, 6.07) is 12.7. The third-order valence-electron chi connectivity index (χ3n) is 6.59. The van der Waals surface area contributed by atoms with Gasteiger partial charge in [0.1, 0.15) is 19.1 Å². The first-order valence-electron chi connectivity index (χ1n) is 14.2. The molecule has 0 saturated heterocycles. The summed E-state index contributed by atoms with van der Waals surface area (Å²) in [4.78, 5) is 44.4. The van der Waals surface area contributed by atoms with Gasteiger partial charge in [-0.1, -0.05) is 44.2 Å². The molecule has 9 nitrogen and oxygen atoms in total. The topological polar surface area (TPSA) is 104 Å². The van der Waals surface area contributed by atoms with E-state index in [-0.39, 0.29) is 44.3 Å². The summed E-state index contributed by atoms with van der Waals surface area (Å²) in [5.41, 5.74) is 2.55. The Morgan fingerprint density at radius 2 is 1.49 bits per heavy atom. The number of ether oxygens (including phenoxy) is 4. The van der Waals surface area contributed by atoms with Crippen LogP contribution in [0.25, 0.3) is 0 Å². The van der Waals surface area contributed by atoms with E-state index in [0.29, 0.717) is 35.7 Å². The van der Waals surface area contributed by atoms with Crippen molar-refractivity contribution in [2.45, 2.75) is 53.0 Å². The van der Waals surface area contributed by atoms with Crippen molar-refractivity contribution in [2.24, 2.45) is 10.9 Å². The Bertz CT molecular complexity index is 1240. The molecule has 0 bridgehead atoms. The number of hydrogen-bond donors (Lipinski definition) is 0. The number of benzene rings is 1. The monoisotopic (exact) mass is 565 g/mol. The lowest BCUT2D eigenvalue weighted by Crippen LogP contribution is -2.41. The highest BCUT2D eigenvalue weighted by molar-refractivity contribution is 6.07. The van der Waals surface area contributed by atoms with Crippen molar-refractivity contribution in [1.29, 1.82) is 0 Å². The number of hydrogen-bond acceptors (Lipinski definition) is 8. The predicted octanol–water partition coefficient (Wildman–Crippen LogP) is 4.24. The minimum absolute atomic E-state index is 0.0596. The van der Waals surface area contributed by atoms with E-state index >= 15 is 0 Å². The van der Waals surface area contributed by atoms with Gasteiger partial charge in [-0.15, -0.1) is 0 Å². The second kappa shape index (κ2) is 16.5. The summed E-state index contributed by atoms with van der Waals surface area (Å²) in [6.45, 7) is 9.47. The van der Waals surface area contributed by atoms with Crippen LogP contribution >= 0.6 is 0 Å². The highest BCUT2D eigenvalue weighted by Gasteiger charge is 2.43. The lowest BCUT2D eigenvalue weighted by Gasteiger charge is -2.31. The molecule has 0 N–H and O–H groups in total. The molecule has 1 aromatic carbocycles. The smallest absolute Gasteiger partial charge is 0.336 e. The van der Waals surface area contributed by atoms with Gasteiger partial charge >= 0.3 is 11.9 Å². The summed E-state index contributed by atoms with van der Waals surface area (Å²) in [5, 5.41) is 0. The summed E-state index contributed by atoms with van der Waals surface area (Å²) in [6.07, 6.45) is 5.30. The highest BCUT2D eigenvalue weighted by atomic mass is 16.6. The number of esters is 2. The molecule has 0 amide bonds. The summed E-state index contributed by atoms with van der Waals surface area (Å²) < 4.78 is 23.8. The quantitative estimate of drug-likeness (QED) is 0.130. The number of ketones is 1. The molecule has 9 heteroatoms. The standard InChI is InChI=1S/C32H41N2O7/c1-5-15-38-17-19-40-31(36)28-23(3)33-24(4)29(32(37)41-20-18-39-16-6-2)30(28)26-13-10-14-34(21-26)22-27(35)25-11-8-7-9-12-25/h7-14,21,28,30H,5-6,15-20,22H2,1-4H3/q+1. The van der Waals surface area contributed by atoms with Gasteiger partial charge in [-0.25, -0.2) is 4.79 Å². The van der Waals surface area contributed by atoms with Crippen LogP contribution in [0.5, 0.6) is 0 Å². The van der Waals surface area contributed by atoms with Crippen LogP contribution in [0, 0.1) is 5.92 Å². The average Bonchev–Trinajstić information content (AvgIpc) is 2.97. The Hall–Kier alpha value is -3.69. The molecular weight excluding hydrogens is 524 g/mol. The number of allylic oxidation sites excluding steroid dienone is 1. The maximum atomic E-state index is 13.5. The Morgan fingerprint density at radius 1 is 0.829 bits per heavy atom. The molecular formula is C32H41N2O7+. The SMILES string of the molecule is CCCOCCOC(=O)C1=C(C)N=C(C)C(C(=O)OCCOCCC)C1c1ccc[n+](CC(=O)c2ccccc2)c1. The number of aromatic nitrogens is 1. The van der Waals surface area contributed by atoms with E-state index in [0.717, 1.165) is 12.8 Å². The van der Waals surface area contributed by atoms with Gasteiger partial charge in [0.05, 0.1) is 18.8 Å². The third kappa shape index (κ3) is 9.16. The van der Waals surface area contributed by atoms with Gasteiger partial charge in [-0.3, -0.25) is 14.6 Å². The van der Waals surface area contributed by atoms with Crippen LogP contribution in [0.3, 0.4) is 0 Å². The fraction of sp³-hybridized carbons (Fsp3) is 0.469. The van der Waals surface area contributed by atoms with E-state index in [1.165, 1.54) is 0 Å². The summed E-state index contributed by atoms with van der Waals surface area (Å²) in [7, 11) is 0. The molecule has 2 heterocycles. The van der Waals surface area contributed by atoms with Crippen LogP contribution in [0.4, 0.5) is 0 Å². The third-order valence-corrected chi connectivity index (χ3v) is 6.59. The van der Waals surface area contributed by atoms with Crippen molar-refractivity contribution in [3.63, 3.8) is 0 Å². The highest BCUT2D eigenvalue weighted by Crippen LogP contribution is 2.39. The Kier molecular flexibility index (Phi) is 12.8. The molecule has 2 unspecified atom stereocenters. The zero-order chi connectivity index (χ0) is 29.6. The van der Waals surface area contributed by atoms with E-state index in [1.54, 1.807) is 49.0 Å². The molecule has 0 radical (unpaired) electrons. The molecule has 2 atom stereocenters. The zero-order valence-electron chi connectivity index (χ0n) is 24.5. The Morgan fingerprint density at radius 3 is 2.15 bits per heavy atom. The van der Waals surface area contributed by atoms with Crippen LogP contribution in [-0.4, -0.2) is 63.1 Å². The molecule has 220 valence electrons. The van der Waals surface area contributed by atoms with Crippen molar-refractivity contribution in [3.8, 4) is 0 Å². The van der Waals surface area contributed by atoms with Crippen molar-refractivity contribution >= 4 is 23.4 Å². The number of carbonyl (C=O) groups excluding carboxylic acids is 3. The molecule has 0 fully saturated rings. The lowest BCUT2D eigenvalue weighted by molar-refractivity contribution is -0.683. The number of carbonyl (C=O) groups is 3. The van der Waals surface area contributed by atoms with E-state index in [2.05, 4.69) is 4.99 Å². The van der Waals surface area contributed by atoms with Gasteiger partial charge in [-0.2, -0.15) is 4.57 Å². The van der Waals surface area contributed by atoms with Crippen molar-refractivity contribution < 1.29 is 37.9 Å². The van der Waals surface area contributed by atoms with Crippen LogP contribution in [-0.2, 0) is 35.1 Å². The molecule has 1 aromatic heterocycles. The fourth-order valence-corrected chi connectivity index (χ4v) is 4.73. The first-order chi connectivity index (χ1) is 19.9. The second-order valence-corrected chi connectivity index (χ2v) is 9.83. The minimum atomic E-state index is -0.857. The first-order valence-corrected chi connectivity index (χ1v) is 14.2. The number of Topliss-reactive ketones (excluding diaryl/α,β-unsaturated/α-hetero) is 1. The maximum absolute atomic E-state index is 13.5. The number of aliphatic imine (C=N–C) groups is 1. The fourth-order valence-electron chi connectivity index (χ4n) is 4.73. The number of pyridine rings is 1. The van der Waals surface area contributed by atoms with Crippen LogP contribution in [0.15, 0.2) is 71.1 Å². The summed E-state index contributed by atoms with van der Waals surface area (Å²) in [5.74, 6) is -2.71. The van der Waals surface area contributed by atoms with Gasteiger partial charge < -0.3 is 18.9 Å². The number of rotatable bonds is 16. The van der Waals surface area contributed by atoms with Gasteiger partial charge in [-0.05, 0) is 32.8 Å². The molecule has 2 aromatic rings. The Balaban J connectivity index is 1.91. The average molecular weight is 566 g/mol. The normalized spacial score (nSPS) is 16.7. The van der Waals surface area contributed by atoms with E-state index in [1.807, 2.05) is 38.1 Å². The zero-order valence-corrected chi connectivity index (χ0v) is 24.5. The predicted molar refractivity (Wildman–Crippen MR) is 154 cm³/mol. The van der Waals surface area contributed by atoms with E-state index in [9.17, 15) is 14.4 Å².